The molecular formula is C11H19N3. The summed E-state index contributed by atoms with van der Waals surface area (Å²) >= 11 is 0. The van der Waals surface area contributed by atoms with E-state index in [2.05, 4.69) is 27.9 Å². The molecule has 3 N–H and O–H groups in total. The van der Waals surface area contributed by atoms with Crippen LogP contribution in [-0.2, 0) is 6.42 Å². The summed E-state index contributed by atoms with van der Waals surface area (Å²) in [6.45, 7) is 3.44. The normalized spacial score (nSPS) is 18.6. The Balaban J connectivity index is 1.62. The number of hydrogen-bond acceptors (Lipinski definition) is 2. The third kappa shape index (κ3) is 2.86. The van der Waals surface area contributed by atoms with Gasteiger partial charge in [0.15, 0.2) is 0 Å². The van der Waals surface area contributed by atoms with E-state index in [-0.39, 0.29) is 0 Å². The summed E-state index contributed by atoms with van der Waals surface area (Å²) in [6.07, 6.45) is 7.73. The zero-order valence-corrected chi connectivity index (χ0v) is 8.55. The first-order chi connectivity index (χ1) is 6.95. The highest BCUT2D eigenvalue weighted by molar-refractivity contribution is 5.08. The maximum atomic E-state index is 3.61. The van der Waals surface area contributed by atoms with Gasteiger partial charge in [-0.05, 0) is 50.5 Å². The summed E-state index contributed by atoms with van der Waals surface area (Å²) in [4.78, 5) is 3.08. The van der Waals surface area contributed by atoms with E-state index in [0.717, 1.165) is 19.0 Å². The molecule has 0 unspecified atom stereocenters. The van der Waals surface area contributed by atoms with E-state index in [1.807, 2.05) is 6.20 Å². The van der Waals surface area contributed by atoms with Crippen LogP contribution in [-0.4, -0.2) is 30.7 Å². The van der Waals surface area contributed by atoms with Crippen LogP contribution in [0.2, 0.25) is 0 Å². The second kappa shape index (κ2) is 5.17. The van der Waals surface area contributed by atoms with Gasteiger partial charge in [0, 0.05) is 18.4 Å². The van der Waals surface area contributed by atoms with E-state index < -0.39 is 0 Å². The lowest BCUT2D eigenvalue weighted by atomic mass is 10.1. The van der Waals surface area contributed by atoms with Crippen molar-refractivity contribution in [2.24, 2.45) is 0 Å². The first-order valence-corrected chi connectivity index (χ1v) is 5.51. The Kier molecular flexibility index (Phi) is 3.60. The largest absolute Gasteiger partial charge is 0.367 e. The molecule has 0 bridgehead atoms. The number of hydrogen-bond donors (Lipinski definition) is 3. The van der Waals surface area contributed by atoms with Crippen molar-refractivity contribution in [2.45, 2.75) is 25.3 Å². The van der Waals surface area contributed by atoms with Crippen molar-refractivity contribution in [3.8, 4) is 0 Å². The maximum absolute atomic E-state index is 3.61. The monoisotopic (exact) mass is 193 g/mol. The maximum Gasteiger partial charge on any atom is 0.00913 e. The summed E-state index contributed by atoms with van der Waals surface area (Å²) < 4.78 is 0. The number of H-pyrrole nitrogens is 1. The van der Waals surface area contributed by atoms with Crippen LogP contribution in [0.15, 0.2) is 18.5 Å². The fraction of sp³-hybridized carbons (Fsp3) is 0.636. The summed E-state index contributed by atoms with van der Waals surface area (Å²) in [7, 11) is 0. The molecule has 3 nitrogen and oxygen atoms in total. The van der Waals surface area contributed by atoms with Crippen molar-refractivity contribution in [3.63, 3.8) is 0 Å². The molecule has 3 heteroatoms. The molecule has 2 rings (SSSR count). The van der Waals surface area contributed by atoms with E-state index in [1.165, 1.54) is 31.5 Å². The van der Waals surface area contributed by atoms with E-state index in [1.54, 1.807) is 0 Å². The Hall–Kier alpha value is -0.800. The number of rotatable bonds is 4. The van der Waals surface area contributed by atoms with Crippen LogP contribution in [0.25, 0.3) is 0 Å². The average molecular weight is 193 g/mol. The van der Waals surface area contributed by atoms with Gasteiger partial charge in [0.05, 0.1) is 0 Å². The summed E-state index contributed by atoms with van der Waals surface area (Å²) in [5.41, 5.74) is 1.39. The lowest BCUT2D eigenvalue weighted by Gasteiger charge is -2.23. The summed E-state index contributed by atoms with van der Waals surface area (Å²) in [5.74, 6) is 0. The number of aromatic nitrogens is 1. The molecule has 1 aliphatic rings. The summed E-state index contributed by atoms with van der Waals surface area (Å²) in [5, 5.41) is 6.98. The lowest BCUT2D eigenvalue weighted by Crippen LogP contribution is -2.40. The molecule has 2 heterocycles. The molecule has 14 heavy (non-hydrogen) atoms. The highest BCUT2D eigenvalue weighted by Crippen LogP contribution is 2.02. The molecule has 1 aromatic rings. The minimum Gasteiger partial charge on any atom is -0.367 e. The average Bonchev–Trinajstić information content (AvgIpc) is 2.72. The molecule has 0 spiro atoms. The first-order valence-electron chi connectivity index (χ1n) is 5.51. The van der Waals surface area contributed by atoms with Gasteiger partial charge in [0.2, 0.25) is 0 Å². The minimum absolute atomic E-state index is 0.732. The second-order valence-corrected chi connectivity index (χ2v) is 3.95. The number of nitrogens with one attached hydrogen (secondary N) is 3. The van der Waals surface area contributed by atoms with E-state index in [9.17, 15) is 0 Å². The molecular weight excluding hydrogens is 174 g/mol. The fourth-order valence-electron chi connectivity index (χ4n) is 1.96. The molecule has 78 valence electrons. The van der Waals surface area contributed by atoms with Gasteiger partial charge in [-0.15, -0.1) is 0 Å². The van der Waals surface area contributed by atoms with E-state index in [4.69, 9.17) is 0 Å². The quantitative estimate of drug-likeness (QED) is 0.665. The van der Waals surface area contributed by atoms with Gasteiger partial charge in [-0.25, -0.2) is 0 Å². The van der Waals surface area contributed by atoms with Gasteiger partial charge in [-0.3, -0.25) is 0 Å². The van der Waals surface area contributed by atoms with Gasteiger partial charge in [-0.2, -0.15) is 0 Å². The van der Waals surface area contributed by atoms with Crippen molar-refractivity contribution >= 4 is 0 Å². The molecule has 0 radical (unpaired) electrons. The van der Waals surface area contributed by atoms with Gasteiger partial charge < -0.3 is 15.6 Å². The zero-order chi connectivity index (χ0) is 9.64. The van der Waals surface area contributed by atoms with Gasteiger partial charge >= 0.3 is 0 Å². The van der Waals surface area contributed by atoms with Crippen LogP contribution in [0.1, 0.15) is 18.4 Å². The molecule has 1 fully saturated rings. The van der Waals surface area contributed by atoms with Gasteiger partial charge in [-0.1, -0.05) is 0 Å². The van der Waals surface area contributed by atoms with Crippen LogP contribution < -0.4 is 10.6 Å². The Morgan fingerprint density at radius 3 is 2.93 bits per heavy atom. The smallest absolute Gasteiger partial charge is 0.00913 e. The molecule has 1 saturated heterocycles. The number of aromatic amines is 1. The molecule has 0 saturated carbocycles. The van der Waals surface area contributed by atoms with Gasteiger partial charge in [0.1, 0.15) is 0 Å². The lowest BCUT2D eigenvalue weighted by molar-refractivity contribution is 0.390. The Labute approximate surface area is 85.3 Å². The van der Waals surface area contributed by atoms with Crippen LogP contribution in [0, 0.1) is 0 Å². The standard InChI is InChI=1S/C11H19N3/c1-5-13-9-10(1)2-8-14-11-3-6-12-7-4-11/h1,5,9,11-14H,2-4,6-8H2. The van der Waals surface area contributed by atoms with Crippen LogP contribution in [0.5, 0.6) is 0 Å². The van der Waals surface area contributed by atoms with Crippen molar-refractivity contribution in [1.82, 2.24) is 15.6 Å². The van der Waals surface area contributed by atoms with Crippen LogP contribution in [0.4, 0.5) is 0 Å². The van der Waals surface area contributed by atoms with Crippen LogP contribution in [0.3, 0.4) is 0 Å². The first kappa shape index (κ1) is 9.74. The molecule has 0 aliphatic carbocycles. The van der Waals surface area contributed by atoms with Crippen molar-refractivity contribution in [2.75, 3.05) is 19.6 Å². The topological polar surface area (TPSA) is 39.8 Å². The van der Waals surface area contributed by atoms with Crippen molar-refractivity contribution in [3.05, 3.63) is 24.0 Å². The molecule has 1 aromatic heterocycles. The Bertz CT molecular complexity index is 237. The predicted molar refractivity (Wildman–Crippen MR) is 58.4 cm³/mol. The van der Waals surface area contributed by atoms with Crippen LogP contribution >= 0.6 is 0 Å². The van der Waals surface area contributed by atoms with Crippen molar-refractivity contribution in [1.29, 1.82) is 0 Å². The van der Waals surface area contributed by atoms with Gasteiger partial charge in [0.25, 0.3) is 0 Å². The summed E-state index contributed by atoms with van der Waals surface area (Å²) in [6, 6.07) is 2.87. The Morgan fingerprint density at radius 2 is 2.21 bits per heavy atom. The third-order valence-electron chi connectivity index (χ3n) is 2.85. The SMILES string of the molecule is c1cc(CCNC2CCNCC2)c[nH]1. The fourth-order valence-corrected chi connectivity index (χ4v) is 1.96. The number of piperidine rings is 1. The minimum atomic E-state index is 0.732. The van der Waals surface area contributed by atoms with E-state index >= 15 is 0 Å². The second-order valence-electron chi connectivity index (χ2n) is 3.95. The molecule has 0 aromatic carbocycles. The zero-order valence-electron chi connectivity index (χ0n) is 8.55. The highest BCUT2D eigenvalue weighted by Gasteiger charge is 2.11. The molecule has 1 aliphatic heterocycles. The Morgan fingerprint density at radius 1 is 1.36 bits per heavy atom. The van der Waals surface area contributed by atoms with E-state index in [0.29, 0.717) is 0 Å². The van der Waals surface area contributed by atoms with Crippen molar-refractivity contribution < 1.29 is 0 Å². The molecule has 0 amide bonds. The highest BCUT2D eigenvalue weighted by atomic mass is 15.0. The molecule has 0 atom stereocenters. The predicted octanol–water partition coefficient (Wildman–Crippen LogP) is 0.899. The third-order valence-corrected chi connectivity index (χ3v) is 2.85.